The standard InChI is InChI=1S/C43H79N5O12S/c1-35(49)36(48-39(51)20-15-13-11-9-7-5-3-4-6-8-10-12-14-16-21-42(54)55)22-23-38(50)46-25-27-57-29-32-60-34-41(53)47-26-28-58-30-31-59-33-40(52)45-24-18-17-19-37(44-2)43(56)61/h36-37,44,49H,1,3-34H2,2H3,(H,45,52)(H,46,50)(H,47,53)(H,48,51)(H,54,55)(H,56,61). The maximum atomic E-state index is 12.4. The molecule has 0 spiro atoms. The summed E-state index contributed by atoms with van der Waals surface area (Å²) < 4.78 is 21.4. The van der Waals surface area contributed by atoms with E-state index in [9.17, 15) is 33.9 Å². The van der Waals surface area contributed by atoms with Crippen LogP contribution in [0.25, 0.3) is 0 Å². The number of aliphatic carboxylic acids is 1. The van der Waals surface area contributed by atoms with Gasteiger partial charge in [-0.05, 0) is 45.6 Å². The van der Waals surface area contributed by atoms with Crippen LogP contribution in [0.5, 0.6) is 0 Å². The molecule has 0 aliphatic carbocycles. The van der Waals surface area contributed by atoms with Crippen LogP contribution >= 0.6 is 12.6 Å². The topological polar surface area (TPSA) is 240 Å². The van der Waals surface area contributed by atoms with Gasteiger partial charge in [-0.25, -0.2) is 0 Å². The second-order valence-corrected chi connectivity index (χ2v) is 15.5. The van der Waals surface area contributed by atoms with Gasteiger partial charge < -0.3 is 55.7 Å². The van der Waals surface area contributed by atoms with E-state index < -0.39 is 12.0 Å². The molecule has 4 amide bonds. The average molecular weight is 890 g/mol. The summed E-state index contributed by atoms with van der Waals surface area (Å²) >= 11 is 3.83. The first-order chi connectivity index (χ1) is 29.5. The molecule has 0 saturated heterocycles. The summed E-state index contributed by atoms with van der Waals surface area (Å²) in [6, 6.07) is -0.979. The molecule has 0 aromatic carbocycles. The van der Waals surface area contributed by atoms with Gasteiger partial charge in [0.15, 0.2) is 0 Å². The summed E-state index contributed by atoms with van der Waals surface area (Å²) in [6.07, 6.45) is 18.6. The Hall–Kier alpha value is -3.29. The molecule has 18 heteroatoms. The quantitative estimate of drug-likeness (QED) is 0.0242. The van der Waals surface area contributed by atoms with Crippen molar-refractivity contribution >= 4 is 47.3 Å². The summed E-state index contributed by atoms with van der Waals surface area (Å²) in [5.74, 6) is -1.84. The minimum absolute atomic E-state index is 0.0808. The zero-order valence-electron chi connectivity index (χ0n) is 36.9. The number of aliphatic hydroxyl groups excluding tert-OH is 1. The summed E-state index contributed by atoms with van der Waals surface area (Å²) in [4.78, 5) is 70.2. The van der Waals surface area contributed by atoms with Crippen LogP contribution < -0.4 is 26.6 Å². The van der Waals surface area contributed by atoms with Gasteiger partial charge >= 0.3 is 5.97 Å². The van der Waals surface area contributed by atoms with E-state index in [0.29, 0.717) is 19.4 Å². The SMILES string of the molecule is C=C(O)C(CCC(=O)NCCOCCOCC(=O)NCCOCCOCC(=O)NCCCCC(NC)C(=O)S)NC(=O)CCCCCCCCCCCCCCCCC(=O)O. The molecule has 0 bridgehead atoms. The predicted octanol–water partition coefficient (Wildman–Crippen LogP) is 4.28. The van der Waals surface area contributed by atoms with Crippen LogP contribution in [0.1, 0.15) is 135 Å². The molecule has 7 N–H and O–H groups in total. The third-order valence-corrected chi connectivity index (χ3v) is 9.99. The van der Waals surface area contributed by atoms with E-state index in [1.54, 1.807) is 7.05 Å². The highest BCUT2D eigenvalue weighted by Gasteiger charge is 2.17. The number of carbonyl (C=O) groups excluding carboxylic acids is 5. The Morgan fingerprint density at radius 3 is 1.39 bits per heavy atom. The second kappa shape index (κ2) is 42.0. The van der Waals surface area contributed by atoms with Crippen molar-refractivity contribution in [3.8, 4) is 0 Å². The van der Waals surface area contributed by atoms with E-state index in [1.165, 1.54) is 44.9 Å². The molecule has 0 heterocycles. The Morgan fingerprint density at radius 1 is 0.492 bits per heavy atom. The number of nitrogens with one attached hydrogen (secondary N) is 5. The number of thiol groups is 1. The van der Waals surface area contributed by atoms with Crippen molar-refractivity contribution in [1.29, 1.82) is 0 Å². The van der Waals surface area contributed by atoms with Crippen LogP contribution in [0.15, 0.2) is 12.3 Å². The normalized spacial score (nSPS) is 12.0. The van der Waals surface area contributed by atoms with Crippen LogP contribution in [-0.4, -0.2) is 137 Å². The molecule has 0 rings (SSSR count). The van der Waals surface area contributed by atoms with Crippen molar-refractivity contribution in [2.45, 2.75) is 147 Å². The van der Waals surface area contributed by atoms with Gasteiger partial charge in [-0.15, -0.1) is 12.6 Å². The first kappa shape index (κ1) is 57.7. The van der Waals surface area contributed by atoms with Gasteiger partial charge in [-0.3, -0.25) is 28.8 Å². The average Bonchev–Trinajstić information content (AvgIpc) is 3.22. The molecule has 2 unspecified atom stereocenters. The highest BCUT2D eigenvalue weighted by molar-refractivity contribution is 7.96. The molecular formula is C43H79N5O12S. The fraction of sp³-hybridized carbons (Fsp3) is 0.814. The highest BCUT2D eigenvalue weighted by atomic mass is 32.1. The van der Waals surface area contributed by atoms with Crippen LogP contribution in [-0.2, 0) is 47.7 Å². The van der Waals surface area contributed by atoms with Crippen molar-refractivity contribution < 1.29 is 57.9 Å². The Balaban J connectivity index is 3.65. The summed E-state index contributed by atoms with van der Waals surface area (Å²) in [5.41, 5.74) is 0. The van der Waals surface area contributed by atoms with E-state index in [-0.39, 0.29) is 126 Å². The lowest BCUT2D eigenvalue weighted by molar-refractivity contribution is -0.137. The Labute approximate surface area is 369 Å². The van der Waals surface area contributed by atoms with Gasteiger partial charge in [-0.2, -0.15) is 0 Å². The fourth-order valence-electron chi connectivity index (χ4n) is 6.12. The number of carboxylic acids is 1. The molecule has 0 aromatic rings. The lowest BCUT2D eigenvalue weighted by Crippen LogP contribution is -2.37. The fourth-order valence-corrected chi connectivity index (χ4v) is 6.38. The van der Waals surface area contributed by atoms with Crippen LogP contribution in [0.2, 0.25) is 0 Å². The molecule has 0 aliphatic heterocycles. The number of hydrogen-bond donors (Lipinski definition) is 8. The largest absolute Gasteiger partial charge is 0.511 e. The minimum Gasteiger partial charge on any atom is -0.511 e. The zero-order chi connectivity index (χ0) is 45.2. The van der Waals surface area contributed by atoms with Crippen LogP contribution in [0.4, 0.5) is 0 Å². The lowest BCUT2D eigenvalue weighted by atomic mass is 10.0. The van der Waals surface area contributed by atoms with Crippen molar-refractivity contribution in [3.63, 3.8) is 0 Å². The van der Waals surface area contributed by atoms with Crippen molar-refractivity contribution in [2.75, 3.05) is 79.5 Å². The maximum absolute atomic E-state index is 12.4. The van der Waals surface area contributed by atoms with Gasteiger partial charge in [0.2, 0.25) is 28.7 Å². The molecule has 61 heavy (non-hydrogen) atoms. The van der Waals surface area contributed by atoms with E-state index in [0.717, 1.165) is 57.8 Å². The number of hydrogen-bond acceptors (Lipinski definition) is 12. The number of unbranched alkanes of at least 4 members (excludes halogenated alkanes) is 14. The van der Waals surface area contributed by atoms with Gasteiger partial charge in [0.25, 0.3) is 0 Å². The van der Waals surface area contributed by atoms with Crippen molar-refractivity contribution in [2.24, 2.45) is 0 Å². The zero-order valence-corrected chi connectivity index (χ0v) is 37.8. The van der Waals surface area contributed by atoms with Gasteiger partial charge in [0, 0.05) is 38.9 Å². The van der Waals surface area contributed by atoms with Crippen molar-refractivity contribution in [1.82, 2.24) is 26.6 Å². The molecule has 0 aliphatic rings. The summed E-state index contributed by atoms with van der Waals surface area (Å²) in [5, 5.41) is 32.3. The number of amides is 4. The summed E-state index contributed by atoms with van der Waals surface area (Å²) in [6.45, 7) is 5.84. The molecule has 0 aromatic heterocycles. The van der Waals surface area contributed by atoms with Gasteiger partial charge in [0.05, 0.1) is 51.7 Å². The van der Waals surface area contributed by atoms with E-state index in [2.05, 4.69) is 45.8 Å². The van der Waals surface area contributed by atoms with Crippen molar-refractivity contribution in [3.05, 3.63) is 12.3 Å². The molecule has 0 radical (unpaired) electrons. The molecule has 17 nitrogen and oxygen atoms in total. The Morgan fingerprint density at radius 2 is 0.934 bits per heavy atom. The monoisotopic (exact) mass is 890 g/mol. The van der Waals surface area contributed by atoms with Gasteiger partial charge in [0.1, 0.15) is 19.0 Å². The number of likely N-dealkylation sites (N-methyl/N-ethyl adjacent to an activating group) is 1. The second-order valence-electron chi connectivity index (χ2n) is 15.0. The molecule has 2 atom stereocenters. The van der Waals surface area contributed by atoms with Crippen LogP contribution in [0.3, 0.4) is 0 Å². The highest BCUT2D eigenvalue weighted by Crippen LogP contribution is 2.14. The number of carbonyl (C=O) groups is 6. The van der Waals surface area contributed by atoms with E-state index in [4.69, 9.17) is 24.1 Å². The Bertz CT molecular complexity index is 1200. The number of ether oxygens (including phenoxy) is 4. The molecule has 354 valence electrons. The Kier molecular flexibility index (Phi) is 39.8. The lowest BCUT2D eigenvalue weighted by Gasteiger charge is -2.17. The first-order valence-electron chi connectivity index (χ1n) is 22.4. The van der Waals surface area contributed by atoms with E-state index >= 15 is 0 Å². The maximum Gasteiger partial charge on any atom is 0.303 e. The molecule has 0 saturated carbocycles. The number of carboxylic acid groups (broad SMARTS) is 1. The minimum atomic E-state index is -0.707. The smallest absolute Gasteiger partial charge is 0.303 e. The predicted molar refractivity (Wildman–Crippen MR) is 237 cm³/mol. The number of rotatable bonds is 45. The van der Waals surface area contributed by atoms with E-state index in [1.807, 2.05) is 0 Å². The third kappa shape index (κ3) is 40.5. The third-order valence-electron chi connectivity index (χ3n) is 9.68. The molecular weight excluding hydrogens is 811 g/mol. The summed E-state index contributed by atoms with van der Waals surface area (Å²) in [7, 11) is 1.71. The number of aliphatic hydroxyl groups is 1. The first-order valence-corrected chi connectivity index (χ1v) is 22.8. The van der Waals surface area contributed by atoms with Gasteiger partial charge in [-0.1, -0.05) is 83.6 Å². The molecule has 0 fully saturated rings. The van der Waals surface area contributed by atoms with Crippen LogP contribution in [0, 0.1) is 0 Å².